The monoisotopic (exact) mass is 240 g/mol. The molecule has 2 aromatic heterocycles. The minimum absolute atomic E-state index is 0.418. The van der Waals surface area contributed by atoms with Gasteiger partial charge in [0.2, 0.25) is 0 Å². The van der Waals surface area contributed by atoms with Crippen molar-refractivity contribution in [1.82, 2.24) is 25.4 Å². The Hall–Kier alpha value is -2.91. The number of aromatic amines is 3. The van der Waals surface area contributed by atoms with Crippen LogP contribution in [0, 0.1) is 0 Å². The number of H-pyrrole nitrogens is 3. The summed E-state index contributed by atoms with van der Waals surface area (Å²) in [6.45, 7) is 0. The predicted octanol–water partition coefficient (Wildman–Crippen LogP) is -1.85. The normalized spacial score (nSPS) is 9.18. The maximum absolute atomic E-state index is 10.5. The largest absolute Gasteiger partial charge is 0.477 e. The molecule has 2 heterocycles. The standard InChI is InChI=1S/C5H4N2O4.C2H4N4/c8-3-1-2(4(9)10)6-5(11)7-3;3-2-1-4-6-5-2/h1H,(H,9,10)(H2,6,7,8,11);1H,(H3,3,4,5,6). The van der Waals surface area contributed by atoms with Gasteiger partial charge in [-0.05, 0) is 0 Å². The SMILES string of the molecule is Nc1cnn[nH]1.O=C(O)c1cc(=O)[nH]c(=O)[nH]1. The molecule has 0 aromatic carbocycles. The molecule has 0 atom stereocenters. The molecule has 10 nitrogen and oxygen atoms in total. The van der Waals surface area contributed by atoms with Gasteiger partial charge < -0.3 is 15.8 Å². The number of aromatic carboxylic acids is 1. The first kappa shape index (κ1) is 12.2. The molecular formula is C7H8N6O4. The number of carboxylic acid groups (broad SMARTS) is 1. The number of nitrogens with two attached hydrogens (primary N) is 1. The van der Waals surface area contributed by atoms with Gasteiger partial charge in [-0.2, -0.15) is 0 Å². The summed E-state index contributed by atoms with van der Waals surface area (Å²) in [5, 5.41) is 17.4. The van der Waals surface area contributed by atoms with Crippen LogP contribution in [0.5, 0.6) is 0 Å². The Morgan fingerprint density at radius 2 is 2.06 bits per heavy atom. The van der Waals surface area contributed by atoms with Crippen molar-refractivity contribution in [2.24, 2.45) is 0 Å². The second kappa shape index (κ2) is 5.25. The first-order valence-corrected chi connectivity index (χ1v) is 4.17. The molecular weight excluding hydrogens is 232 g/mol. The molecule has 0 fully saturated rings. The fourth-order valence-electron chi connectivity index (χ4n) is 0.790. The average molecular weight is 240 g/mol. The fraction of sp³-hybridized carbons (Fsp3) is 0. The van der Waals surface area contributed by atoms with E-state index >= 15 is 0 Å². The number of nitrogen functional groups attached to an aromatic ring is 1. The third-order valence-electron chi connectivity index (χ3n) is 1.42. The molecule has 2 rings (SSSR count). The molecule has 0 radical (unpaired) electrons. The van der Waals surface area contributed by atoms with E-state index in [2.05, 4.69) is 15.4 Å². The van der Waals surface area contributed by atoms with E-state index in [9.17, 15) is 14.4 Å². The number of aromatic nitrogens is 5. The molecule has 0 amide bonds. The number of carboxylic acids is 1. The summed E-state index contributed by atoms with van der Waals surface area (Å²) in [7, 11) is 0. The Kier molecular flexibility index (Phi) is 3.76. The zero-order valence-corrected chi connectivity index (χ0v) is 8.30. The van der Waals surface area contributed by atoms with E-state index < -0.39 is 22.9 Å². The van der Waals surface area contributed by atoms with Crippen molar-refractivity contribution in [2.75, 3.05) is 5.73 Å². The van der Waals surface area contributed by atoms with Gasteiger partial charge >= 0.3 is 11.7 Å². The van der Waals surface area contributed by atoms with Gasteiger partial charge in [-0.15, -0.1) is 5.10 Å². The van der Waals surface area contributed by atoms with E-state index in [1.54, 1.807) is 0 Å². The highest BCUT2D eigenvalue weighted by molar-refractivity contribution is 5.84. The molecule has 10 heteroatoms. The smallest absolute Gasteiger partial charge is 0.352 e. The highest BCUT2D eigenvalue weighted by atomic mass is 16.4. The lowest BCUT2D eigenvalue weighted by Gasteiger charge is -1.89. The lowest BCUT2D eigenvalue weighted by Crippen LogP contribution is -2.24. The number of anilines is 1. The molecule has 6 N–H and O–H groups in total. The van der Waals surface area contributed by atoms with Crippen molar-refractivity contribution in [3.63, 3.8) is 0 Å². The van der Waals surface area contributed by atoms with Crippen molar-refractivity contribution in [2.45, 2.75) is 0 Å². The van der Waals surface area contributed by atoms with E-state index in [1.165, 1.54) is 6.20 Å². The second-order valence-corrected chi connectivity index (χ2v) is 2.72. The minimum atomic E-state index is -1.34. The number of carbonyl (C=O) groups is 1. The topological polar surface area (TPSA) is 171 Å². The molecule has 0 bridgehead atoms. The summed E-state index contributed by atoms with van der Waals surface area (Å²) >= 11 is 0. The summed E-state index contributed by atoms with van der Waals surface area (Å²) in [6, 6.07) is 0.795. The Bertz CT molecular complexity index is 569. The van der Waals surface area contributed by atoms with Crippen molar-refractivity contribution in [1.29, 1.82) is 0 Å². The molecule has 0 saturated carbocycles. The van der Waals surface area contributed by atoms with Gasteiger partial charge in [-0.1, -0.05) is 5.21 Å². The van der Waals surface area contributed by atoms with Gasteiger partial charge in [0.05, 0.1) is 6.20 Å². The lowest BCUT2D eigenvalue weighted by molar-refractivity contribution is 0.0689. The van der Waals surface area contributed by atoms with E-state index in [4.69, 9.17) is 10.8 Å². The van der Waals surface area contributed by atoms with Crippen molar-refractivity contribution < 1.29 is 9.90 Å². The summed E-state index contributed by atoms with van der Waals surface area (Å²) in [5.41, 5.74) is 3.12. The van der Waals surface area contributed by atoms with E-state index in [0.29, 0.717) is 5.82 Å². The van der Waals surface area contributed by atoms with Crippen molar-refractivity contribution in [3.8, 4) is 0 Å². The summed E-state index contributed by atoms with van der Waals surface area (Å²) in [6.07, 6.45) is 1.44. The first-order chi connectivity index (χ1) is 7.99. The van der Waals surface area contributed by atoms with Crippen LogP contribution in [-0.2, 0) is 0 Å². The maximum atomic E-state index is 10.5. The van der Waals surface area contributed by atoms with Crippen LogP contribution < -0.4 is 17.0 Å². The van der Waals surface area contributed by atoms with Crippen LogP contribution in [0.2, 0.25) is 0 Å². The van der Waals surface area contributed by atoms with Gasteiger partial charge in [0.25, 0.3) is 5.56 Å². The molecule has 0 saturated heterocycles. The summed E-state index contributed by atoms with van der Waals surface area (Å²) in [4.78, 5) is 34.9. The van der Waals surface area contributed by atoms with Crippen LogP contribution in [0.15, 0.2) is 21.9 Å². The number of nitrogens with zero attached hydrogens (tertiary/aromatic N) is 2. The molecule has 90 valence electrons. The Morgan fingerprint density at radius 3 is 2.41 bits per heavy atom. The van der Waals surface area contributed by atoms with E-state index in [1.807, 2.05) is 9.97 Å². The van der Waals surface area contributed by atoms with Gasteiger partial charge in [0.15, 0.2) is 0 Å². The lowest BCUT2D eigenvalue weighted by atomic mass is 10.4. The van der Waals surface area contributed by atoms with Crippen molar-refractivity contribution in [3.05, 3.63) is 38.8 Å². The predicted molar refractivity (Wildman–Crippen MR) is 55.4 cm³/mol. The summed E-state index contributed by atoms with van der Waals surface area (Å²) in [5.74, 6) is -0.844. The molecule has 0 unspecified atom stereocenters. The highest BCUT2D eigenvalue weighted by Gasteiger charge is 2.03. The van der Waals surface area contributed by atoms with Crippen LogP contribution in [0.4, 0.5) is 5.82 Å². The second-order valence-electron chi connectivity index (χ2n) is 2.72. The fourth-order valence-corrected chi connectivity index (χ4v) is 0.790. The van der Waals surface area contributed by atoms with Crippen LogP contribution >= 0.6 is 0 Å². The summed E-state index contributed by atoms with van der Waals surface area (Å²) < 4.78 is 0. The molecule has 0 aliphatic rings. The zero-order chi connectivity index (χ0) is 12.8. The maximum Gasteiger partial charge on any atom is 0.352 e. The Labute approximate surface area is 92.5 Å². The zero-order valence-electron chi connectivity index (χ0n) is 8.30. The quantitative estimate of drug-likeness (QED) is 0.389. The Balaban J connectivity index is 0.000000202. The number of hydrogen-bond donors (Lipinski definition) is 5. The average Bonchev–Trinajstić information content (AvgIpc) is 2.68. The first-order valence-electron chi connectivity index (χ1n) is 4.17. The van der Waals surface area contributed by atoms with Gasteiger partial charge in [-0.25, -0.2) is 14.7 Å². The Morgan fingerprint density at radius 1 is 1.35 bits per heavy atom. The number of rotatable bonds is 1. The van der Waals surface area contributed by atoms with Gasteiger partial charge in [0.1, 0.15) is 11.5 Å². The molecule has 0 spiro atoms. The molecule has 0 aliphatic carbocycles. The van der Waals surface area contributed by atoms with Crippen LogP contribution in [0.1, 0.15) is 10.5 Å². The van der Waals surface area contributed by atoms with Gasteiger partial charge in [-0.3, -0.25) is 9.78 Å². The molecule has 17 heavy (non-hydrogen) atoms. The van der Waals surface area contributed by atoms with E-state index in [0.717, 1.165) is 6.07 Å². The third kappa shape index (κ3) is 3.99. The van der Waals surface area contributed by atoms with Crippen LogP contribution in [0.25, 0.3) is 0 Å². The number of nitrogens with one attached hydrogen (secondary N) is 3. The number of hydrogen-bond acceptors (Lipinski definition) is 6. The van der Waals surface area contributed by atoms with E-state index in [-0.39, 0.29) is 0 Å². The highest BCUT2D eigenvalue weighted by Crippen LogP contribution is 1.82. The van der Waals surface area contributed by atoms with Crippen LogP contribution in [0.3, 0.4) is 0 Å². The van der Waals surface area contributed by atoms with Crippen LogP contribution in [-0.4, -0.2) is 36.5 Å². The van der Waals surface area contributed by atoms with Gasteiger partial charge in [0, 0.05) is 6.07 Å². The molecule has 2 aromatic rings. The third-order valence-corrected chi connectivity index (χ3v) is 1.42. The minimum Gasteiger partial charge on any atom is -0.477 e. The van der Waals surface area contributed by atoms with Crippen molar-refractivity contribution >= 4 is 11.8 Å². The molecule has 0 aliphatic heterocycles.